The molecule has 0 aliphatic heterocycles. The average molecular weight is 277 g/mol. The van der Waals surface area contributed by atoms with Gasteiger partial charge in [-0.3, -0.25) is 4.68 Å². The molecule has 3 heteroatoms. The molecule has 2 unspecified atom stereocenters. The molecule has 1 aromatic rings. The average Bonchev–Trinajstić information content (AvgIpc) is 2.77. The van der Waals surface area contributed by atoms with Gasteiger partial charge in [-0.1, -0.05) is 20.8 Å². The van der Waals surface area contributed by atoms with Gasteiger partial charge >= 0.3 is 0 Å². The maximum atomic E-state index is 4.58. The van der Waals surface area contributed by atoms with Crippen molar-refractivity contribution in [2.24, 2.45) is 24.3 Å². The standard InChI is InChI=1S/C17H31N3/c1-5-9-18-13-14-6-8-17(2,3)12-15(14)11-16-7-10-20(4)19-16/h7,10,14-15,18H,5-6,8-9,11-13H2,1-4H3. The summed E-state index contributed by atoms with van der Waals surface area (Å²) in [6.45, 7) is 9.42. The fraction of sp³-hybridized carbons (Fsp3) is 0.824. The zero-order valence-corrected chi connectivity index (χ0v) is 13.7. The Bertz CT molecular complexity index is 408. The maximum Gasteiger partial charge on any atom is 0.0627 e. The third-order valence-corrected chi connectivity index (χ3v) is 4.75. The first-order valence-electron chi connectivity index (χ1n) is 8.19. The predicted molar refractivity (Wildman–Crippen MR) is 84.7 cm³/mol. The van der Waals surface area contributed by atoms with E-state index in [-0.39, 0.29) is 0 Å². The summed E-state index contributed by atoms with van der Waals surface area (Å²) in [6, 6.07) is 2.18. The topological polar surface area (TPSA) is 29.9 Å². The fourth-order valence-corrected chi connectivity index (χ4v) is 3.60. The quantitative estimate of drug-likeness (QED) is 0.808. The Hall–Kier alpha value is -0.830. The second kappa shape index (κ2) is 6.75. The Morgan fingerprint density at radius 3 is 2.85 bits per heavy atom. The summed E-state index contributed by atoms with van der Waals surface area (Å²) in [7, 11) is 2.01. The summed E-state index contributed by atoms with van der Waals surface area (Å²) in [6.07, 6.45) is 8.49. The first-order valence-corrected chi connectivity index (χ1v) is 8.19. The number of aromatic nitrogens is 2. The lowest BCUT2D eigenvalue weighted by molar-refractivity contribution is 0.115. The van der Waals surface area contributed by atoms with Crippen LogP contribution in [-0.2, 0) is 13.5 Å². The van der Waals surface area contributed by atoms with Crippen molar-refractivity contribution < 1.29 is 0 Å². The predicted octanol–water partition coefficient (Wildman–Crippen LogP) is 3.40. The molecule has 1 heterocycles. The Morgan fingerprint density at radius 1 is 1.40 bits per heavy atom. The normalized spacial score (nSPS) is 25.8. The lowest BCUT2D eigenvalue weighted by Crippen LogP contribution is -2.37. The number of nitrogens with zero attached hydrogens (tertiary/aromatic N) is 2. The van der Waals surface area contributed by atoms with E-state index in [1.54, 1.807) is 0 Å². The summed E-state index contributed by atoms with van der Waals surface area (Å²) in [4.78, 5) is 0. The number of hydrogen-bond acceptors (Lipinski definition) is 2. The molecule has 114 valence electrons. The van der Waals surface area contributed by atoms with Crippen LogP contribution in [0, 0.1) is 17.3 Å². The van der Waals surface area contributed by atoms with Gasteiger partial charge in [-0.05, 0) is 68.5 Å². The van der Waals surface area contributed by atoms with E-state index in [0.717, 1.165) is 24.8 Å². The highest BCUT2D eigenvalue weighted by Gasteiger charge is 2.34. The van der Waals surface area contributed by atoms with Crippen molar-refractivity contribution in [3.8, 4) is 0 Å². The Balaban J connectivity index is 1.98. The van der Waals surface area contributed by atoms with Crippen molar-refractivity contribution in [3.63, 3.8) is 0 Å². The van der Waals surface area contributed by atoms with Gasteiger partial charge in [0.2, 0.25) is 0 Å². The largest absolute Gasteiger partial charge is 0.316 e. The summed E-state index contributed by atoms with van der Waals surface area (Å²) in [5.74, 6) is 1.59. The second-order valence-electron chi connectivity index (χ2n) is 7.32. The van der Waals surface area contributed by atoms with Crippen LogP contribution in [0.2, 0.25) is 0 Å². The summed E-state index contributed by atoms with van der Waals surface area (Å²) in [5.41, 5.74) is 1.76. The molecule has 20 heavy (non-hydrogen) atoms. The van der Waals surface area contributed by atoms with Gasteiger partial charge < -0.3 is 5.32 Å². The van der Waals surface area contributed by atoms with E-state index < -0.39 is 0 Å². The molecule has 2 rings (SSSR count). The molecule has 0 aromatic carbocycles. The van der Waals surface area contributed by atoms with E-state index in [9.17, 15) is 0 Å². The molecule has 1 N–H and O–H groups in total. The molecule has 1 fully saturated rings. The zero-order valence-electron chi connectivity index (χ0n) is 13.7. The molecule has 0 saturated heterocycles. The molecule has 1 saturated carbocycles. The van der Waals surface area contributed by atoms with E-state index in [4.69, 9.17) is 0 Å². The molecule has 0 bridgehead atoms. The number of hydrogen-bond donors (Lipinski definition) is 1. The van der Waals surface area contributed by atoms with Crippen LogP contribution in [0.3, 0.4) is 0 Å². The Kier molecular flexibility index (Phi) is 5.25. The summed E-state index contributed by atoms with van der Waals surface area (Å²) >= 11 is 0. The van der Waals surface area contributed by atoms with Crippen molar-refractivity contribution in [1.82, 2.24) is 15.1 Å². The van der Waals surface area contributed by atoms with Crippen molar-refractivity contribution in [2.75, 3.05) is 13.1 Å². The van der Waals surface area contributed by atoms with Crippen molar-refractivity contribution in [3.05, 3.63) is 18.0 Å². The minimum atomic E-state index is 0.501. The fourth-order valence-electron chi connectivity index (χ4n) is 3.60. The van der Waals surface area contributed by atoms with Gasteiger partial charge in [-0.15, -0.1) is 0 Å². The molecule has 0 amide bonds. The van der Waals surface area contributed by atoms with Gasteiger partial charge in [0.05, 0.1) is 5.69 Å². The third-order valence-electron chi connectivity index (χ3n) is 4.75. The minimum Gasteiger partial charge on any atom is -0.316 e. The highest BCUT2D eigenvalue weighted by molar-refractivity contribution is 5.02. The van der Waals surface area contributed by atoms with E-state index in [1.807, 2.05) is 11.7 Å². The van der Waals surface area contributed by atoms with Gasteiger partial charge in [-0.25, -0.2) is 0 Å². The van der Waals surface area contributed by atoms with Crippen molar-refractivity contribution in [1.29, 1.82) is 0 Å². The van der Waals surface area contributed by atoms with Crippen LogP contribution in [0.4, 0.5) is 0 Å². The lowest BCUT2D eigenvalue weighted by atomic mass is 9.66. The maximum absolute atomic E-state index is 4.58. The van der Waals surface area contributed by atoms with Crippen molar-refractivity contribution >= 4 is 0 Å². The van der Waals surface area contributed by atoms with Crippen LogP contribution in [0.25, 0.3) is 0 Å². The first kappa shape index (κ1) is 15.6. The molecule has 1 aliphatic rings. The van der Waals surface area contributed by atoms with Gasteiger partial charge in [0, 0.05) is 13.2 Å². The zero-order chi connectivity index (χ0) is 14.6. The smallest absolute Gasteiger partial charge is 0.0627 e. The number of rotatable bonds is 6. The third kappa shape index (κ3) is 4.34. The highest BCUT2D eigenvalue weighted by Crippen LogP contribution is 2.42. The summed E-state index contributed by atoms with van der Waals surface area (Å²) in [5, 5.41) is 8.21. The molecule has 1 aliphatic carbocycles. The Morgan fingerprint density at radius 2 is 2.20 bits per heavy atom. The van der Waals surface area contributed by atoms with Crippen LogP contribution in [0.15, 0.2) is 12.3 Å². The van der Waals surface area contributed by atoms with E-state index in [1.165, 1.54) is 37.9 Å². The van der Waals surface area contributed by atoms with E-state index >= 15 is 0 Å². The van der Waals surface area contributed by atoms with Crippen LogP contribution >= 0.6 is 0 Å². The molecule has 3 nitrogen and oxygen atoms in total. The van der Waals surface area contributed by atoms with Crippen LogP contribution in [0.1, 0.15) is 52.1 Å². The number of nitrogens with one attached hydrogen (secondary N) is 1. The minimum absolute atomic E-state index is 0.501. The highest BCUT2D eigenvalue weighted by atomic mass is 15.2. The van der Waals surface area contributed by atoms with Crippen LogP contribution < -0.4 is 5.32 Å². The monoisotopic (exact) mass is 277 g/mol. The molecule has 1 aromatic heterocycles. The van der Waals surface area contributed by atoms with Gasteiger partial charge in [-0.2, -0.15) is 5.10 Å². The first-order chi connectivity index (χ1) is 9.50. The molecule has 0 radical (unpaired) electrons. The SMILES string of the molecule is CCCNCC1CCC(C)(C)CC1Cc1ccn(C)n1. The Labute approximate surface area is 124 Å². The van der Waals surface area contributed by atoms with Gasteiger partial charge in [0.1, 0.15) is 0 Å². The van der Waals surface area contributed by atoms with Gasteiger partial charge in [0.15, 0.2) is 0 Å². The van der Waals surface area contributed by atoms with Gasteiger partial charge in [0.25, 0.3) is 0 Å². The van der Waals surface area contributed by atoms with E-state index in [0.29, 0.717) is 5.41 Å². The molecule has 2 atom stereocenters. The lowest BCUT2D eigenvalue weighted by Gasteiger charge is -2.41. The van der Waals surface area contributed by atoms with E-state index in [2.05, 4.69) is 43.4 Å². The van der Waals surface area contributed by atoms with Crippen LogP contribution in [0.5, 0.6) is 0 Å². The second-order valence-corrected chi connectivity index (χ2v) is 7.32. The van der Waals surface area contributed by atoms with Crippen molar-refractivity contribution in [2.45, 2.75) is 52.9 Å². The summed E-state index contributed by atoms with van der Waals surface area (Å²) < 4.78 is 1.92. The molecular weight excluding hydrogens is 246 g/mol. The number of aryl methyl sites for hydroxylation is 1. The molecular formula is C17H31N3. The van der Waals surface area contributed by atoms with Crippen LogP contribution in [-0.4, -0.2) is 22.9 Å². The molecule has 0 spiro atoms.